The maximum absolute atomic E-state index is 12.0. The van der Waals surface area contributed by atoms with Gasteiger partial charge in [-0.3, -0.25) is 0 Å². The van der Waals surface area contributed by atoms with Gasteiger partial charge in [-0.25, -0.2) is 12.7 Å². The van der Waals surface area contributed by atoms with Crippen molar-refractivity contribution in [1.82, 2.24) is 4.31 Å². The fourth-order valence-electron chi connectivity index (χ4n) is 3.76. The Morgan fingerprint density at radius 2 is 1.40 bits per heavy atom. The lowest BCUT2D eigenvalue weighted by Crippen LogP contribution is -2.30. The average Bonchev–Trinajstić information content (AvgIpc) is 2.85. The summed E-state index contributed by atoms with van der Waals surface area (Å²) in [7, 11) is -1.49. The van der Waals surface area contributed by atoms with Gasteiger partial charge in [0, 0.05) is 13.1 Å². The number of hydrogen-bond acceptors (Lipinski definition) is 3. The zero-order chi connectivity index (χ0) is 17.9. The Kier molecular flexibility index (Phi) is 5.45. The summed E-state index contributed by atoms with van der Waals surface area (Å²) in [6, 6.07) is 18.6. The number of ether oxygens (including phenoxy) is 1. The molecule has 25 heavy (non-hydrogen) atoms. The molecule has 1 heterocycles. The summed E-state index contributed by atoms with van der Waals surface area (Å²) in [5.41, 5.74) is 2.52. The second-order valence-electron chi connectivity index (χ2n) is 6.64. The van der Waals surface area contributed by atoms with E-state index in [0.29, 0.717) is 24.9 Å². The first-order valence-electron chi connectivity index (χ1n) is 8.63. The first-order valence-corrected chi connectivity index (χ1v) is 10.5. The molecule has 134 valence electrons. The van der Waals surface area contributed by atoms with Crippen molar-refractivity contribution in [2.75, 3.05) is 26.5 Å². The van der Waals surface area contributed by atoms with Crippen molar-refractivity contribution in [1.29, 1.82) is 0 Å². The van der Waals surface area contributed by atoms with E-state index in [2.05, 4.69) is 36.4 Å². The second-order valence-corrected chi connectivity index (χ2v) is 8.62. The third kappa shape index (κ3) is 4.22. The second kappa shape index (κ2) is 7.58. The quantitative estimate of drug-likeness (QED) is 0.838. The molecule has 0 N–H and O–H groups in total. The molecule has 2 aromatic rings. The van der Waals surface area contributed by atoms with Gasteiger partial charge in [0.2, 0.25) is 10.0 Å². The normalized spacial score (nSPS) is 22.3. The summed E-state index contributed by atoms with van der Waals surface area (Å²) in [5, 5.41) is 0. The highest BCUT2D eigenvalue weighted by atomic mass is 32.2. The van der Waals surface area contributed by atoms with Crippen LogP contribution in [0.25, 0.3) is 0 Å². The van der Waals surface area contributed by atoms with Crippen LogP contribution in [0.1, 0.15) is 35.8 Å². The van der Waals surface area contributed by atoms with E-state index < -0.39 is 10.0 Å². The van der Waals surface area contributed by atoms with Crippen LogP contribution in [0.3, 0.4) is 0 Å². The smallest absolute Gasteiger partial charge is 0.211 e. The molecule has 0 spiro atoms. The predicted octanol–water partition coefficient (Wildman–Crippen LogP) is 3.62. The number of methoxy groups -OCH3 is 1. The molecule has 4 nitrogen and oxygen atoms in total. The lowest BCUT2D eigenvalue weighted by molar-refractivity contribution is 0.414. The minimum Gasteiger partial charge on any atom is -0.497 e. The Labute approximate surface area is 150 Å². The highest BCUT2D eigenvalue weighted by Gasteiger charge is 2.31. The van der Waals surface area contributed by atoms with Gasteiger partial charge in [0.05, 0.1) is 13.4 Å². The molecule has 0 amide bonds. The van der Waals surface area contributed by atoms with Crippen LogP contribution >= 0.6 is 0 Å². The highest BCUT2D eigenvalue weighted by molar-refractivity contribution is 7.88. The van der Waals surface area contributed by atoms with Gasteiger partial charge in [-0.1, -0.05) is 42.5 Å². The predicted molar refractivity (Wildman–Crippen MR) is 101 cm³/mol. The Morgan fingerprint density at radius 3 is 1.88 bits per heavy atom. The van der Waals surface area contributed by atoms with Gasteiger partial charge < -0.3 is 4.74 Å². The van der Waals surface area contributed by atoms with E-state index in [9.17, 15) is 8.42 Å². The molecule has 0 saturated carbocycles. The minimum absolute atomic E-state index is 0.292. The van der Waals surface area contributed by atoms with E-state index in [1.807, 2.05) is 18.2 Å². The van der Waals surface area contributed by atoms with E-state index in [1.165, 1.54) is 17.4 Å². The zero-order valence-corrected chi connectivity index (χ0v) is 15.6. The largest absolute Gasteiger partial charge is 0.497 e. The third-order valence-electron chi connectivity index (χ3n) is 5.11. The summed E-state index contributed by atoms with van der Waals surface area (Å²) in [5.74, 6) is 1.44. The van der Waals surface area contributed by atoms with Crippen molar-refractivity contribution in [2.45, 2.75) is 24.7 Å². The first-order chi connectivity index (χ1) is 12.0. The third-order valence-corrected chi connectivity index (χ3v) is 6.41. The lowest BCUT2D eigenvalue weighted by Gasteiger charge is -2.26. The van der Waals surface area contributed by atoms with E-state index >= 15 is 0 Å². The average molecular weight is 359 g/mol. The molecule has 0 bridgehead atoms. The topological polar surface area (TPSA) is 46.6 Å². The molecule has 0 radical (unpaired) electrons. The van der Waals surface area contributed by atoms with Crippen LogP contribution in [0.15, 0.2) is 54.6 Å². The highest BCUT2D eigenvalue weighted by Crippen LogP contribution is 2.41. The van der Waals surface area contributed by atoms with Crippen molar-refractivity contribution in [3.63, 3.8) is 0 Å². The summed E-state index contributed by atoms with van der Waals surface area (Å²) < 4.78 is 30.9. The summed E-state index contributed by atoms with van der Waals surface area (Å²) in [6.07, 6.45) is 2.95. The lowest BCUT2D eigenvalue weighted by atomic mass is 9.78. The molecule has 2 aromatic carbocycles. The van der Waals surface area contributed by atoms with E-state index in [0.717, 1.165) is 18.6 Å². The fraction of sp³-hybridized carbons (Fsp3) is 0.400. The van der Waals surface area contributed by atoms with Crippen LogP contribution in [0, 0.1) is 0 Å². The number of benzene rings is 2. The maximum atomic E-state index is 12.0. The van der Waals surface area contributed by atoms with Crippen LogP contribution in [0.2, 0.25) is 0 Å². The zero-order valence-electron chi connectivity index (χ0n) is 14.8. The number of sulfonamides is 1. The maximum Gasteiger partial charge on any atom is 0.211 e. The number of rotatable bonds is 4. The molecule has 3 rings (SSSR count). The van der Waals surface area contributed by atoms with E-state index in [4.69, 9.17) is 4.74 Å². The van der Waals surface area contributed by atoms with Gasteiger partial charge in [-0.2, -0.15) is 0 Å². The standard InChI is InChI=1S/C20H25NO3S/c1-24-18-10-8-17(9-11-18)20-13-15-21(25(2,22)23)14-12-19(20)16-6-4-3-5-7-16/h3-11,19-20H,12-15H2,1-2H3/t19-,20+/m0/s1. The van der Waals surface area contributed by atoms with Crippen LogP contribution in [-0.2, 0) is 10.0 Å². The van der Waals surface area contributed by atoms with Crippen molar-refractivity contribution in [2.24, 2.45) is 0 Å². The summed E-state index contributed by atoms with van der Waals surface area (Å²) in [4.78, 5) is 0. The molecule has 1 saturated heterocycles. The molecule has 5 heteroatoms. The number of hydrogen-bond donors (Lipinski definition) is 0. The Balaban J connectivity index is 1.95. The van der Waals surface area contributed by atoms with Gasteiger partial charge in [0.15, 0.2) is 0 Å². The fourth-order valence-corrected chi connectivity index (χ4v) is 4.64. The van der Waals surface area contributed by atoms with Gasteiger partial charge in [0.1, 0.15) is 5.75 Å². The van der Waals surface area contributed by atoms with Crippen molar-refractivity contribution >= 4 is 10.0 Å². The summed E-state index contributed by atoms with van der Waals surface area (Å²) in [6.45, 7) is 1.14. The van der Waals surface area contributed by atoms with E-state index in [1.54, 1.807) is 11.4 Å². The molecule has 0 unspecified atom stereocenters. The molecule has 2 atom stereocenters. The van der Waals surface area contributed by atoms with Crippen molar-refractivity contribution in [3.05, 3.63) is 65.7 Å². The van der Waals surface area contributed by atoms with Crippen LogP contribution in [0.4, 0.5) is 0 Å². The molecule has 1 aliphatic rings. The molecule has 0 aromatic heterocycles. The van der Waals surface area contributed by atoms with Crippen molar-refractivity contribution < 1.29 is 13.2 Å². The monoisotopic (exact) mass is 359 g/mol. The van der Waals surface area contributed by atoms with E-state index in [-0.39, 0.29) is 0 Å². The van der Waals surface area contributed by atoms with Crippen LogP contribution < -0.4 is 4.74 Å². The number of nitrogens with zero attached hydrogens (tertiary/aromatic N) is 1. The van der Waals surface area contributed by atoms with Crippen molar-refractivity contribution in [3.8, 4) is 5.75 Å². The molecular weight excluding hydrogens is 334 g/mol. The van der Waals surface area contributed by atoms with Gasteiger partial charge in [-0.15, -0.1) is 0 Å². The SMILES string of the molecule is COc1ccc([C@H]2CCN(S(C)(=O)=O)CC[C@H]2c2ccccc2)cc1. The Bertz CT molecular complexity index is 787. The van der Waals surface area contributed by atoms with Gasteiger partial charge in [0.25, 0.3) is 0 Å². The minimum atomic E-state index is -3.16. The van der Waals surface area contributed by atoms with Gasteiger partial charge >= 0.3 is 0 Å². The van der Waals surface area contributed by atoms with Crippen LogP contribution in [-0.4, -0.2) is 39.2 Å². The molecule has 0 aliphatic carbocycles. The van der Waals surface area contributed by atoms with Crippen LogP contribution in [0.5, 0.6) is 5.75 Å². The Hall–Kier alpha value is -1.85. The molecular formula is C20H25NO3S. The van der Waals surface area contributed by atoms with Gasteiger partial charge in [-0.05, 0) is 47.9 Å². The molecule has 1 fully saturated rings. The summed E-state index contributed by atoms with van der Waals surface area (Å²) >= 11 is 0. The molecule has 1 aliphatic heterocycles. The first kappa shape index (κ1) is 18.0. The Morgan fingerprint density at radius 1 is 0.880 bits per heavy atom.